The summed E-state index contributed by atoms with van der Waals surface area (Å²) in [5.41, 5.74) is 7.17. The average Bonchev–Trinajstić information content (AvgIpc) is 2.52. The molecule has 3 N–H and O–H groups in total. The normalized spacial score (nSPS) is 11.3. The first kappa shape index (κ1) is 14.1. The van der Waals surface area contributed by atoms with Crippen LogP contribution in [0.3, 0.4) is 0 Å². The number of hydrogen-bond donors (Lipinski definition) is 2. The van der Waals surface area contributed by atoms with Gasteiger partial charge in [0.2, 0.25) is 0 Å². The fraction of sp³-hybridized carbons (Fsp3) is 0.154. The van der Waals surface area contributed by atoms with Crippen molar-refractivity contribution in [3.8, 4) is 5.75 Å². The van der Waals surface area contributed by atoms with E-state index in [1.807, 2.05) is 6.07 Å². The Bertz CT molecular complexity index is 605. The predicted octanol–water partition coefficient (Wildman–Crippen LogP) is 1.87. The molecule has 0 bridgehead atoms. The smallest absolute Gasteiger partial charge is 0.170 e. The summed E-state index contributed by atoms with van der Waals surface area (Å²) in [5.74, 6) is 1.46. The highest BCUT2D eigenvalue weighted by Gasteiger charge is 2.08. The van der Waals surface area contributed by atoms with E-state index in [2.05, 4.69) is 15.1 Å². The Morgan fingerprint density at radius 1 is 1.45 bits per heavy atom. The van der Waals surface area contributed by atoms with Crippen molar-refractivity contribution >= 4 is 17.6 Å². The first-order valence-corrected chi connectivity index (χ1v) is 6.76. The lowest BCUT2D eigenvalue weighted by atomic mass is 10.1. The summed E-state index contributed by atoms with van der Waals surface area (Å²) in [7, 11) is 1.61. The lowest BCUT2D eigenvalue weighted by molar-refractivity contribution is 0.318. The number of ether oxygens (including phenoxy) is 1. The van der Waals surface area contributed by atoms with Gasteiger partial charge in [-0.05, 0) is 18.2 Å². The maximum Gasteiger partial charge on any atom is 0.170 e. The van der Waals surface area contributed by atoms with Crippen molar-refractivity contribution in [1.29, 1.82) is 0 Å². The molecule has 0 aliphatic rings. The summed E-state index contributed by atoms with van der Waals surface area (Å²) in [6.07, 6.45) is 4.97. The van der Waals surface area contributed by atoms with E-state index >= 15 is 0 Å². The highest BCUT2D eigenvalue weighted by atomic mass is 32.2. The Morgan fingerprint density at radius 3 is 2.95 bits per heavy atom. The van der Waals surface area contributed by atoms with Crippen LogP contribution in [0.1, 0.15) is 11.1 Å². The number of nitrogens with zero attached hydrogens (tertiary/aromatic N) is 3. The van der Waals surface area contributed by atoms with Gasteiger partial charge in [0, 0.05) is 29.3 Å². The average molecular weight is 290 g/mol. The molecule has 0 atom stereocenters. The molecule has 0 unspecified atom stereocenters. The van der Waals surface area contributed by atoms with Crippen LogP contribution in [0.4, 0.5) is 0 Å². The summed E-state index contributed by atoms with van der Waals surface area (Å²) >= 11 is 1.53. The number of benzene rings is 1. The first-order valence-electron chi connectivity index (χ1n) is 5.78. The first-order chi connectivity index (χ1) is 9.74. The topological polar surface area (TPSA) is 93.6 Å². The Labute approximate surface area is 120 Å². The molecule has 7 heteroatoms. The van der Waals surface area contributed by atoms with Crippen LogP contribution >= 0.6 is 11.8 Å². The third-order valence-corrected chi connectivity index (χ3v) is 3.56. The Hall–Kier alpha value is -2.28. The number of hydrogen-bond acceptors (Lipinski definition) is 6. The van der Waals surface area contributed by atoms with Gasteiger partial charge in [0.05, 0.1) is 13.3 Å². The number of thioether (sulfide) groups is 1. The zero-order valence-corrected chi connectivity index (χ0v) is 11.7. The number of amidine groups is 1. The van der Waals surface area contributed by atoms with Crippen LogP contribution in [0.15, 0.2) is 47.0 Å². The zero-order chi connectivity index (χ0) is 14.4. The van der Waals surface area contributed by atoms with Crippen molar-refractivity contribution in [3.05, 3.63) is 47.9 Å². The van der Waals surface area contributed by atoms with Crippen LogP contribution in [-0.4, -0.2) is 28.1 Å². The van der Waals surface area contributed by atoms with Gasteiger partial charge in [-0.2, -0.15) is 0 Å². The van der Waals surface area contributed by atoms with Crippen molar-refractivity contribution in [2.24, 2.45) is 10.9 Å². The molecule has 0 aliphatic heterocycles. The standard InChI is InChI=1S/C13H14N4O2S/c1-19-11-3-2-9(13(14)17-18)6-10(11)8-20-12-7-15-4-5-16-12/h2-7,18H,8H2,1H3,(H2,14,17). The van der Waals surface area contributed by atoms with E-state index in [0.29, 0.717) is 11.3 Å². The molecule has 1 aromatic carbocycles. The molecule has 2 aromatic rings. The van der Waals surface area contributed by atoms with Crippen LogP contribution in [-0.2, 0) is 5.75 Å². The Morgan fingerprint density at radius 2 is 2.30 bits per heavy atom. The van der Waals surface area contributed by atoms with Crippen molar-refractivity contribution in [2.45, 2.75) is 10.8 Å². The molecule has 0 saturated heterocycles. The van der Waals surface area contributed by atoms with Crippen molar-refractivity contribution in [3.63, 3.8) is 0 Å². The zero-order valence-electron chi connectivity index (χ0n) is 10.9. The molecule has 0 amide bonds. The second-order valence-corrected chi connectivity index (χ2v) is 4.84. The van der Waals surface area contributed by atoms with E-state index in [4.69, 9.17) is 15.7 Å². The molecule has 1 aromatic heterocycles. The van der Waals surface area contributed by atoms with Crippen LogP contribution in [0.25, 0.3) is 0 Å². The molecule has 2 rings (SSSR count). The van der Waals surface area contributed by atoms with E-state index < -0.39 is 0 Å². The predicted molar refractivity (Wildman–Crippen MR) is 77.1 cm³/mol. The molecule has 104 valence electrons. The fourth-order valence-corrected chi connectivity index (χ4v) is 2.42. The largest absolute Gasteiger partial charge is 0.496 e. The third kappa shape index (κ3) is 3.39. The SMILES string of the molecule is COc1ccc(/C(N)=N/O)cc1CSc1cnccn1. The summed E-state index contributed by atoms with van der Waals surface area (Å²) in [6.45, 7) is 0. The Balaban J connectivity index is 2.20. The minimum Gasteiger partial charge on any atom is -0.496 e. The van der Waals surface area contributed by atoms with E-state index in [1.165, 1.54) is 11.8 Å². The van der Waals surface area contributed by atoms with Crippen molar-refractivity contribution in [1.82, 2.24) is 9.97 Å². The Kier molecular flexibility index (Phi) is 4.78. The molecule has 20 heavy (non-hydrogen) atoms. The minimum atomic E-state index is 0.0680. The van der Waals surface area contributed by atoms with Gasteiger partial charge >= 0.3 is 0 Å². The molecule has 0 radical (unpaired) electrons. The fourth-order valence-electron chi connectivity index (χ4n) is 1.62. The van der Waals surface area contributed by atoms with Gasteiger partial charge < -0.3 is 15.7 Å². The summed E-state index contributed by atoms with van der Waals surface area (Å²) < 4.78 is 5.31. The molecule has 1 heterocycles. The van der Waals surface area contributed by atoms with Crippen LogP contribution < -0.4 is 10.5 Å². The molecule has 0 fully saturated rings. The van der Waals surface area contributed by atoms with Crippen LogP contribution in [0, 0.1) is 0 Å². The maximum atomic E-state index is 8.72. The molecular weight excluding hydrogens is 276 g/mol. The number of nitrogens with two attached hydrogens (primary N) is 1. The monoisotopic (exact) mass is 290 g/mol. The highest BCUT2D eigenvalue weighted by molar-refractivity contribution is 7.98. The van der Waals surface area contributed by atoms with Gasteiger partial charge in [-0.25, -0.2) is 4.98 Å². The van der Waals surface area contributed by atoms with Gasteiger partial charge in [0.25, 0.3) is 0 Å². The van der Waals surface area contributed by atoms with Crippen molar-refractivity contribution in [2.75, 3.05) is 7.11 Å². The molecule has 0 aliphatic carbocycles. The second kappa shape index (κ2) is 6.76. The highest BCUT2D eigenvalue weighted by Crippen LogP contribution is 2.27. The number of rotatable bonds is 5. The van der Waals surface area contributed by atoms with E-state index in [-0.39, 0.29) is 5.84 Å². The number of methoxy groups -OCH3 is 1. The quantitative estimate of drug-likeness (QED) is 0.287. The van der Waals surface area contributed by atoms with Gasteiger partial charge in [-0.1, -0.05) is 16.9 Å². The second-order valence-electron chi connectivity index (χ2n) is 3.84. The molecular formula is C13H14N4O2S. The lowest BCUT2D eigenvalue weighted by Gasteiger charge is -2.10. The molecule has 0 saturated carbocycles. The third-order valence-electron chi connectivity index (χ3n) is 2.60. The lowest BCUT2D eigenvalue weighted by Crippen LogP contribution is -2.13. The maximum absolute atomic E-state index is 8.72. The van der Waals surface area contributed by atoms with E-state index in [1.54, 1.807) is 37.8 Å². The van der Waals surface area contributed by atoms with Gasteiger partial charge in [-0.15, -0.1) is 0 Å². The number of oxime groups is 1. The summed E-state index contributed by atoms with van der Waals surface area (Å²) in [6, 6.07) is 5.36. The molecule has 6 nitrogen and oxygen atoms in total. The van der Waals surface area contributed by atoms with Gasteiger partial charge in [0.1, 0.15) is 10.8 Å². The van der Waals surface area contributed by atoms with Crippen molar-refractivity contribution < 1.29 is 9.94 Å². The van der Waals surface area contributed by atoms with Crippen LogP contribution in [0.2, 0.25) is 0 Å². The summed E-state index contributed by atoms with van der Waals surface area (Å²) in [5, 5.41) is 12.5. The molecule has 0 spiro atoms. The van der Waals surface area contributed by atoms with Gasteiger partial charge in [-0.3, -0.25) is 4.98 Å². The minimum absolute atomic E-state index is 0.0680. The van der Waals surface area contributed by atoms with E-state index in [9.17, 15) is 0 Å². The van der Waals surface area contributed by atoms with Crippen LogP contribution in [0.5, 0.6) is 5.75 Å². The van der Waals surface area contributed by atoms with E-state index in [0.717, 1.165) is 16.3 Å². The summed E-state index contributed by atoms with van der Waals surface area (Å²) in [4.78, 5) is 8.21. The number of aromatic nitrogens is 2. The van der Waals surface area contributed by atoms with Gasteiger partial charge in [0.15, 0.2) is 5.84 Å².